The third kappa shape index (κ3) is 6.79. The molecule has 0 radical (unpaired) electrons. The molecule has 0 rings (SSSR count). The maximum atomic E-state index is 10.9. The van der Waals surface area contributed by atoms with E-state index in [1.54, 1.807) is 0 Å². The lowest BCUT2D eigenvalue weighted by atomic mass is 10.0. The molecule has 0 aliphatic carbocycles. The van der Waals surface area contributed by atoms with Crippen molar-refractivity contribution in [3.8, 4) is 0 Å². The van der Waals surface area contributed by atoms with Gasteiger partial charge in [-0.05, 0) is 44.6 Å². The van der Waals surface area contributed by atoms with Gasteiger partial charge in [0.25, 0.3) is 0 Å². The lowest BCUT2D eigenvalue weighted by Crippen LogP contribution is -2.25. The summed E-state index contributed by atoms with van der Waals surface area (Å²) in [5.74, 6) is -0.232. The van der Waals surface area contributed by atoms with Crippen molar-refractivity contribution < 1.29 is 9.90 Å². The van der Waals surface area contributed by atoms with Crippen LogP contribution in [0.5, 0.6) is 0 Å². The summed E-state index contributed by atoms with van der Waals surface area (Å²) in [6.07, 6.45) is 2.41. The normalized spacial score (nSPS) is 13.1. The fraction of sp³-hybridized carbons (Fsp3) is 0.909. The summed E-state index contributed by atoms with van der Waals surface area (Å²) in [4.78, 5) is 13.2. The Balaban J connectivity index is 3.74. The monoisotopic (exact) mass is 233 g/mol. The lowest BCUT2D eigenvalue weighted by molar-refractivity contribution is -0.142. The minimum Gasteiger partial charge on any atom is -0.481 e. The van der Waals surface area contributed by atoms with Crippen LogP contribution in [0.2, 0.25) is 0 Å². The Kier molecular flexibility index (Phi) is 8.91. The molecule has 1 atom stereocenters. The van der Waals surface area contributed by atoms with E-state index in [0.29, 0.717) is 12.2 Å². The molecule has 0 fully saturated rings. The zero-order valence-electron chi connectivity index (χ0n) is 9.78. The SMILES string of the molecule is CCN(CC)CCC[C@H](CCS)C(=O)O. The van der Waals surface area contributed by atoms with E-state index >= 15 is 0 Å². The molecule has 0 spiro atoms. The Labute approximate surface area is 98.3 Å². The van der Waals surface area contributed by atoms with E-state index in [1.807, 2.05) is 0 Å². The third-order valence-corrected chi connectivity index (χ3v) is 3.01. The average molecular weight is 233 g/mol. The predicted octanol–water partition coefficient (Wildman–Crippen LogP) is 2.13. The van der Waals surface area contributed by atoms with Gasteiger partial charge in [-0.25, -0.2) is 0 Å². The minimum atomic E-state index is -0.677. The molecule has 0 aliphatic heterocycles. The predicted molar refractivity (Wildman–Crippen MR) is 66.6 cm³/mol. The van der Waals surface area contributed by atoms with Gasteiger partial charge in [0.15, 0.2) is 0 Å². The van der Waals surface area contributed by atoms with Gasteiger partial charge >= 0.3 is 5.97 Å². The van der Waals surface area contributed by atoms with Crippen molar-refractivity contribution in [2.24, 2.45) is 5.92 Å². The maximum Gasteiger partial charge on any atom is 0.306 e. The average Bonchev–Trinajstić information content (AvgIpc) is 2.22. The molecule has 4 heteroatoms. The number of carboxylic acids is 1. The van der Waals surface area contributed by atoms with Crippen LogP contribution in [0, 0.1) is 5.92 Å². The second-order valence-electron chi connectivity index (χ2n) is 3.72. The largest absolute Gasteiger partial charge is 0.481 e. The van der Waals surface area contributed by atoms with Crippen molar-refractivity contribution in [2.45, 2.75) is 33.1 Å². The number of hydrogen-bond donors (Lipinski definition) is 2. The van der Waals surface area contributed by atoms with Crippen LogP contribution in [-0.4, -0.2) is 41.4 Å². The molecular formula is C11H23NO2S. The van der Waals surface area contributed by atoms with Crippen molar-refractivity contribution in [2.75, 3.05) is 25.4 Å². The summed E-state index contributed by atoms with van der Waals surface area (Å²) in [6.45, 7) is 7.35. The van der Waals surface area contributed by atoms with Gasteiger partial charge in [0.1, 0.15) is 0 Å². The van der Waals surface area contributed by atoms with Crippen LogP contribution in [0.1, 0.15) is 33.1 Å². The fourth-order valence-corrected chi connectivity index (χ4v) is 1.96. The van der Waals surface area contributed by atoms with Gasteiger partial charge in [0.05, 0.1) is 5.92 Å². The third-order valence-electron chi connectivity index (χ3n) is 2.75. The maximum absolute atomic E-state index is 10.9. The van der Waals surface area contributed by atoms with E-state index < -0.39 is 5.97 Å². The van der Waals surface area contributed by atoms with Crippen molar-refractivity contribution >= 4 is 18.6 Å². The second-order valence-corrected chi connectivity index (χ2v) is 4.16. The van der Waals surface area contributed by atoms with Crippen LogP contribution in [0.4, 0.5) is 0 Å². The molecule has 0 aromatic carbocycles. The summed E-state index contributed by atoms with van der Waals surface area (Å²) in [5.41, 5.74) is 0. The molecule has 15 heavy (non-hydrogen) atoms. The van der Waals surface area contributed by atoms with Gasteiger partial charge < -0.3 is 10.0 Å². The fourth-order valence-electron chi connectivity index (χ4n) is 1.65. The number of nitrogens with zero attached hydrogens (tertiary/aromatic N) is 1. The van der Waals surface area contributed by atoms with E-state index in [2.05, 4.69) is 31.4 Å². The molecule has 0 aromatic rings. The number of carbonyl (C=O) groups is 1. The molecule has 0 saturated carbocycles. The van der Waals surface area contributed by atoms with Gasteiger partial charge in [0.2, 0.25) is 0 Å². The first kappa shape index (κ1) is 14.8. The number of thiol groups is 1. The molecular weight excluding hydrogens is 210 g/mol. The van der Waals surface area contributed by atoms with Crippen molar-refractivity contribution in [3.05, 3.63) is 0 Å². The smallest absolute Gasteiger partial charge is 0.306 e. The Bertz CT molecular complexity index is 172. The lowest BCUT2D eigenvalue weighted by Gasteiger charge is -2.19. The van der Waals surface area contributed by atoms with Crippen LogP contribution < -0.4 is 0 Å². The summed E-state index contributed by atoms with van der Waals surface area (Å²) >= 11 is 4.08. The van der Waals surface area contributed by atoms with Gasteiger partial charge in [-0.15, -0.1) is 0 Å². The number of aliphatic carboxylic acids is 1. The van der Waals surface area contributed by atoms with Crippen LogP contribution >= 0.6 is 12.6 Å². The summed E-state index contributed by atoms with van der Waals surface area (Å²) in [6, 6.07) is 0. The van der Waals surface area contributed by atoms with E-state index in [4.69, 9.17) is 5.11 Å². The highest BCUT2D eigenvalue weighted by Gasteiger charge is 2.15. The molecule has 3 nitrogen and oxygen atoms in total. The van der Waals surface area contributed by atoms with Gasteiger partial charge in [-0.1, -0.05) is 13.8 Å². The topological polar surface area (TPSA) is 40.5 Å². The van der Waals surface area contributed by atoms with Crippen molar-refractivity contribution in [1.82, 2.24) is 4.90 Å². The minimum absolute atomic E-state index is 0.210. The van der Waals surface area contributed by atoms with E-state index in [0.717, 1.165) is 32.5 Å². The van der Waals surface area contributed by atoms with Crippen LogP contribution in [-0.2, 0) is 4.79 Å². The van der Waals surface area contributed by atoms with Crippen LogP contribution in [0.25, 0.3) is 0 Å². The summed E-state index contributed by atoms with van der Waals surface area (Å²) in [5, 5.41) is 8.94. The van der Waals surface area contributed by atoms with Crippen LogP contribution in [0.3, 0.4) is 0 Å². The Morgan fingerprint density at radius 3 is 2.33 bits per heavy atom. The highest BCUT2D eigenvalue weighted by molar-refractivity contribution is 7.80. The number of carboxylic acid groups (broad SMARTS) is 1. The van der Waals surface area contributed by atoms with E-state index in [9.17, 15) is 4.79 Å². The first-order valence-corrected chi connectivity index (χ1v) is 6.34. The Morgan fingerprint density at radius 1 is 1.33 bits per heavy atom. The van der Waals surface area contributed by atoms with Crippen molar-refractivity contribution in [1.29, 1.82) is 0 Å². The zero-order chi connectivity index (χ0) is 11.7. The van der Waals surface area contributed by atoms with Gasteiger partial charge in [-0.3, -0.25) is 4.79 Å². The highest BCUT2D eigenvalue weighted by atomic mass is 32.1. The summed E-state index contributed by atoms with van der Waals surface area (Å²) < 4.78 is 0. The molecule has 90 valence electrons. The van der Waals surface area contributed by atoms with E-state index in [1.165, 1.54) is 0 Å². The standard InChI is InChI=1S/C11H23NO2S/c1-3-12(4-2)8-5-6-10(7-9-15)11(13)14/h10,15H,3-9H2,1-2H3,(H,13,14)/t10-/m1/s1. The molecule has 1 N–H and O–H groups in total. The van der Waals surface area contributed by atoms with Gasteiger partial charge in [-0.2, -0.15) is 12.6 Å². The first-order chi connectivity index (χ1) is 7.15. The highest BCUT2D eigenvalue weighted by Crippen LogP contribution is 2.12. The molecule has 0 saturated heterocycles. The Hall–Kier alpha value is -0.220. The molecule has 0 bridgehead atoms. The molecule has 0 unspecified atom stereocenters. The Morgan fingerprint density at radius 2 is 1.93 bits per heavy atom. The van der Waals surface area contributed by atoms with Crippen LogP contribution in [0.15, 0.2) is 0 Å². The molecule has 0 aromatic heterocycles. The van der Waals surface area contributed by atoms with E-state index in [-0.39, 0.29) is 5.92 Å². The molecule has 0 aliphatic rings. The van der Waals surface area contributed by atoms with Crippen molar-refractivity contribution in [3.63, 3.8) is 0 Å². The summed E-state index contributed by atoms with van der Waals surface area (Å²) in [7, 11) is 0. The molecule has 0 heterocycles. The van der Waals surface area contributed by atoms with Gasteiger partial charge in [0, 0.05) is 0 Å². The number of hydrogen-bond acceptors (Lipinski definition) is 3. The zero-order valence-corrected chi connectivity index (χ0v) is 10.7. The molecule has 0 amide bonds. The first-order valence-electron chi connectivity index (χ1n) is 5.71. The second kappa shape index (κ2) is 9.04. The number of rotatable bonds is 9. The quantitative estimate of drug-likeness (QED) is 0.599.